The van der Waals surface area contributed by atoms with E-state index >= 15 is 0 Å². The maximum Gasteiger partial charge on any atom is 0.460 e. The predicted molar refractivity (Wildman–Crippen MR) is 65.8 cm³/mol. The normalized spacial score (nSPS) is 14.0. The average molecular weight is 350 g/mol. The van der Waals surface area contributed by atoms with Gasteiger partial charge in [-0.25, -0.2) is 0 Å². The maximum absolute atomic E-state index is 13.3. The molecule has 0 saturated heterocycles. The van der Waals surface area contributed by atoms with Gasteiger partial charge in [-0.1, -0.05) is 36.9 Å². The Bertz CT molecular complexity index is 558. The first-order valence-electron chi connectivity index (χ1n) is 6.18. The summed E-state index contributed by atoms with van der Waals surface area (Å²) in [4.78, 5) is 0. The van der Waals surface area contributed by atoms with Crippen LogP contribution in [0.15, 0.2) is 30.8 Å². The van der Waals surface area contributed by atoms with Crippen molar-refractivity contribution in [2.24, 2.45) is 0 Å². The molecule has 1 aromatic carbocycles. The van der Waals surface area contributed by atoms with Gasteiger partial charge in [-0.15, -0.1) is 0 Å². The van der Waals surface area contributed by atoms with Crippen molar-refractivity contribution in [1.82, 2.24) is 0 Å². The van der Waals surface area contributed by atoms with E-state index in [1.165, 1.54) is 30.3 Å². The third-order valence-corrected chi connectivity index (χ3v) is 3.12. The lowest BCUT2D eigenvalue weighted by atomic mass is 9.96. The van der Waals surface area contributed by atoms with E-state index in [0.29, 0.717) is 5.56 Å². The summed E-state index contributed by atoms with van der Waals surface area (Å²) in [6.45, 7) is 3.39. The standard InChI is InChI=1S/C14H11F9/c1-2-9-4-3-5-10(8-9)6-7-11(15,16)12(17,18)13(19,20)14(21,22)23/h2-5,8H,1,6-7H2. The van der Waals surface area contributed by atoms with Crippen LogP contribution in [0.2, 0.25) is 0 Å². The fourth-order valence-corrected chi connectivity index (χ4v) is 1.74. The van der Waals surface area contributed by atoms with Gasteiger partial charge in [0.1, 0.15) is 0 Å². The Morgan fingerprint density at radius 1 is 0.870 bits per heavy atom. The highest BCUT2D eigenvalue weighted by molar-refractivity contribution is 5.47. The van der Waals surface area contributed by atoms with E-state index in [-0.39, 0.29) is 5.56 Å². The third-order valence-electron chi connectivity index (χ3n) is 3.12. The molecule has 0 unspecified atom stereocenters. The Morgan fingerprint density at radius 2 is 1.43 bits per heavy atom. The quantitative estimate of drug-likeness (QED) is 0.575. The molecule has 0 spiro atoms. The highest BCUT2D eigenvalue weighted by Gasteiger charge is 2.81. The highest BCUT2D eigenvalue weighted by Crippen LogP contribution is 2.54. The van der Waals surface area contributed by atoms with Crippen LogP contribution in [0, 0.1) is 0 Å². The molecule has 1 rings (SSSR count). The molecular weight excluding hydrogens is 339 g/mol. The summed E-state index contributed by atoms with van der Waals surface area (Å²) in [5.41, 5.74) is 0.534. The largest absolute Gasteiger partial charge is 0.460 e. The van der Waals surface area contributed by atoms with Crippen molar-refractivity contribution in [3.8, 4) is 0 Å². The molecule has 0 aliphatic carbocycles. The van der Waals surface area contributed by atoms with Crippen molar-refractivity contribution in [1.29, 1.82) is 0 Å². The van der Waals surface area contributed by atoms with Gasteiger partial charge < -0.3 is 0 Å². The Kier molecular flexibility index (Phi) is 5.13. The second kappa shape index (κ2) is 6.09. The molecule has 0 radical (unpaired) electrons. The lowest BCUT2D eigenvalue weighted by Gasteiger charge is -2.33. The molecule has 1 aromatic rings. The predicted octanol–water partition coefficient (Wildman–Crippen LogP) is 5.73. The molecule has 23 heavy (non-hydrogen) atoms. The van der Waals surface area contributed by atoms with Crippen molar-refractivity contribution < 1.29 is 39.5 Å². The molecule has 0 aliphatic rings. The minimum Gasteiger partial charge on any atom is -0.200 e. The Hall–Kier alpha value is -1.67. The topological polar surface area (TPSA) is 0 Å². The zero-order chi connectivity index (χ0) is 18.1. The minimum absolute atomic E-state index is 0.0770. The molecule has 0 heterocycles. The summed E-state index contributed by atoms with van der Waals surface area (Å²) in [5.74, 6) is -18.9. The van der Waals surface area contributed by atoms with Crippen molar-refractivity contribution in [3.05, 3.63) is 42.0 Å². The molecule has 0 amide bonds. The van der Waals surface area contributed by atoms with E-state index in [9.17, 15) is 39.5 Å². The van der Waals surface area contributed by atoms with Crippen LogP contribution in [0.25, 0.3) is 6.08 Å². The van der Waals surface area contributed by atoms with Crippen LogP contribution in [0.1, 0.15) is 17.5 Å². The van der Waals surface area contributed by atoms with Crippen LogP contribution >= 0.6 is 0 Å². The van der Waals surface area contributed by atoms with E-state index in [4.69, 9.17) is 0 Å². The van der Waals surface area contributed by atoms with Gasteiger partial charge >= 0.3 is 23.9 Å². The molecular formula is C14H11F9. The van der Waals surface area contributed by atoms with Gasteiger partial charge in [-0.3, -0.25) is 0 Å². The molecule has 0 aliphatic heterocycles. The van der Waals surface area contributed by atoms with E-state index in [0.717, 1.165) is 0 Å². The van der Waals surface area contributed by atoms with Crippen LogP contribution in [0.5, 0.6) is 0 Å². The van der Waals surface area contributed by atoms with Crippen molar-refractivity contribution in [2.45, 2.75) is 36.8 Å². The van der Waals surface area contributed by atoms with Crippen molar-refractivity contribution in [3.63, 3.8) is 0 Å². The lowest BCUT2D eigenvalue weighted by Crippen LogP contribution is -2.60. The molecule has 0 bridgehead atoms. The zero-order valence-electron chi connectivity index (χ0n) is 11.4. The SMILES string of the molecule is C=Cc1cccc(CCC(F)(F)C(F)(F)C(F)(F)C(F)(F)F)c1. The van der Waals surface area contributed by atoms with E-state index in [1.807, 2.05) is 0 Å². The van der Waals surface area contributed by atoms with Gasteiger partial charge in [0, 0.05) is 6.42 Å². The fourth-order valence-electron chi connectivity index (χ4n) is 1.74. The third kappa shape index (κ3) is 3.64. The number of alkyl halides is 9. The second-order valence-electron chi connectivity index (χ2n) is 4.80. The lowest BCUT2D eigenvalue weighted by molar-refractivity contribution is -0.396. The number of aryl methyl sites for hydroxylation is 1. The number of rotatable bonds is 6. The molecule has 0 saturated carbocycles. The summed E-state index contributed by atoms with van der Waals surface area (Å²) < 4.78 is 114. The van der Waals surface area contributed by atoms with Gasteiger partial charge in [0.05, 0.1) is 0 Å². The zero-order valence-corrected chi connectivity index (χ0v) is 11.4. The maximum atomic E-state index is 13.3. The molecule has 0 atom stereocenters. The number of halogens is 9. The van der Waals surface area contributed by atoms with E-state index < -0.39 is 36.8 Å². The summed E-state index contributed by atoms with van der Waals surface area (Å²) in [6.07, 6.45) is -8.14. The molecule has 0 N–H and O–H groups in total. The first-order valence-corrected chi connectivity index (χ1v) is 6.18. The average Bonchev–Trinajstić information content (AvgIpc) is 2.44. The van der Waals surface area contributed by atoms with Gasteiger partial charge in [-0.2, -0.15) is 39.5 Å². The molecule has 0 aromatic heterocycles. The highest BCUT2D eigenvalue weighted by atomic mass is 19.4. The summed E-state index contributed by atoms with van der Waals surface area (Å²) in [5, 5.41) is 0. The van der Waals surface area contributed by atoms with Gasteiger partial charge in [0.25, 0.3) is 0 Å². The van der Waals surface area contributed by atoms with Crippen LogP contribution in [-0.4, -0.2) is 23.9 Å². The number of hydrogen-bond acceptors (Lipinski definition) is 0. The van der Waals surface area contributed by atoms with E-state index in [1.54, 1.807) is 0 Å². The van der Waals surface area contributed by atoms with E-state index in [2.05, 4.69) is 6.58 Å². The summed E-state index contributed by atoms with van der Waals surface area (Å²) >= 11 is 0. The molecule has 9 heteroatoms. The van der Waals surface area contributed by atoms with Crippen LogP contribution in [0.3, 0.4) is 0 Å². The number of hydrogen-bond donors (Lipinski definition) is 0. The first kappa shape index (κ1) is 19.4. The first-order chi connectivity index (χ1) is 10.3. The van der Waals surface area contributed by atoms with Crippen LogP contribution < -0.4 is 0 Å². The monoisotopic (exact) mass is 350 g/mol. The molecule has 130 valence electrons. The minimum atomic E-state index is -6.84. The number of benzene rings is 1. The van der Waals surface area contributed by atoms with Gasteiger partial charge in [0.2, 0.25) is 0 Å². The van der Waals surface area contributed by atoms with Crippen molar-refractivity contribution >= 4 is 6.08 Å². The van der Waals surface area contributed by atoms with Crippen LogP contribution in [0.4, 0.5) is 39.5 Å². The van der Waals surface area contributed by atoms with Gasteiger partial charge in [-0.05, 0) is 17.5 Å². The second-order valence-corrected chi connectivity index (χ2v) is 4.80. The Morgan fingerprint density at radius 3 is 1.91 bits per heavy atom. The molecule has 0 fully saturated rings. The Labute approximate surface area is 125 Å². The summed E-state index contributed by atoms with van der Waals surface area (Å²) in [6, 6.07) is 5.43. The van der Waals surface area contributed by atoms with Crippen LogP contribution in [-0.2, 0) is 6.42 Å². The van der Waals surface area contributed by atoms with Gasteiger partial charge in [0.15, 0.2) is 0 Å². The van der Waals surface area contributed by atoms with Crippen molar-refractivity contribution in [2.75, 3.05) is 0 Å². The summed E-state index contributed by atoms with van der Waals surface area (Å²) in [7, 11) is 0. The molecule has 0 nitrogen and oxygen atoms in total. The smallest absolute Gasteiger partial charge is 0.200 e. The fraction of sp³-hybridized carbons (Fsp3) is 0.429. The Balaban J connectivity index is 2.99.